The largest absolute Gasteiger partial charge is 0.353 e. The van der Waals surface area contributed by atoms with Crippen LogP contribution in [0.2, 0.25) is 0 Å². The number of hydrogen-bond donors (Lipinski definition) is 0. The number of anilines is 1. The van der Waals surface area contributed by atoms with Crippen molar-refractivity contribution in [3.63, 3.8) is 0 Å². The maximum Gasteiger partial charge on any atom is 0.265 e. The zero-order valence-corrected chi connectivity index (χ0v) is 14.2. The maximum atomic E-state index is 5.84. The molecule has 3 rings (SSSR count). The Morgan fingerprint density at radius 2 is 2.17 bits per heavy atom. The van der Waals surface area contributed by atoms with Gasteiger partial charge >= 0.3 is 0 Å². The zero-order chi connectivity index (χ0) is 16.1. The van der Waals surface area contributed by atoms with Crippen molar-refractivity contribution < 1.29 is 14.0 Å². The third-order valence-corrected chi connectivity index (χ3v) is 4.53. The van der Waals surface area contributed by atoms with Crippen LogP contribution in [-0.2, 0) is 9.47 Å². The molecule has 1 aromatic rings. The standard InChI is InChI=1S/C16H28N4O3/c1-19(2)16-17-15(23-18-16)13-6-5-8-20(12-13)9-11-22-14-7-3-4-10-21-14/h13-14H,3-12H2,1-2H3/t13-,14+/m1/s1. The maximum absolute atomic E-state index is 5.84. The number of ether oxygens (including phenoxy) is 2. The molecule has 2 aliphatic heterocycles. The Balaban J connectivity index is 1.44. The Morgan fingerprint density at radius 1 is 1.26 bits per heavy atom. The van der Waals surface area contributed by atoms with E-state index in [1.807, 2.05) is 19.0 Å². The van der Waals surface area contributed by atoms with Gasteiger partial charge in [0, 0.05) is 33.8 Å². The third-order valence-electron chi connectivity index (χ3n) is 4.53. The Kier molecular flexibility index (Phi) is 5.85. The molecule has 3 heterocycles. The molecule has 23 heavy (non-hydrogen) atoms. The number of rotatable bonds is 6. The lowest BCUT2D eigenvalue weighted by Gasteiger charge is -2.31. The summed E-state index contributed by atoms with van der Waals surface area (Å²) in [6, 6.07) is 0. The summed E-state index contributed by atoms with van der Waals surface area (Å²) in [7, 11) is 3.85. The van der Waals surface area contributed by atoms with Gasteiger partial charge < -0.3 is 23.8 Å². The van der Waals surface area contributed by atoms with E-state index in [-0.39, 0.29) is 6.29 Å². The molecule has 0 saturated carbocycles. The highest BCUT2D eigenvalue weighted by Gasteiger charge is 2.26. The molecule has 2 fully saturated rings. The van der Waals surface area contributed by atoms with Crippen LogP contribution in [0.25, 0.3) is 0 Å². The third kappa shape index (κ3) is 4.65. The highest BCUT2D eigenvalue weighted by Crippen LogP contribution is 2.26. The van der Waals surface area contributed by atoms with Crippen LogP contribution in [-0.4, -0.2) is 68.3 Å². The van der Waals surface area contributed by atoms with E-state index in [0.29, 0.717) is 11.9 Å². The topological polar surface area (TPSA) is 63.9 Å². The van der Waals surface area contributed by atoms with Crippen LogP contribution in [0.5, 0.6) is 0 Å². The number of nitrogens with zero attached hydrogens (tertiary/aromatic N) is 4. The summed E-state index contributed by atoms with van der Waals surface area (Å²) < 4.78 is 16.9. The van der Waals surface area contributed by atoms with Crippen molar-refractivity contribution in [1.29, 1.82) is 0 Å². The van der Waals surface area contributed by atoms with Crippen LogP contribution in [0.4, 0.5) is 5.95 Å². The van der Waals surface area contributed by atoms with Gasteiger partial charge in [-0.25, -0.2) is 0 Å². The van der Waals surface area contributed by atoms with E-state index in [2.05, 4.69) is 15.0 Å². The predicted molar refractivity (Wildman–Crippen MR) is 86.6 cm³/mol. The van der Waals surface area contributed by atoms with Gasteiger partial charge in [-0.05, 0) is 43.8 Å². The fourth-order valence-electron chi connectivity index (χ4n) is 3.19. The lowest BCUT2D eigenvalue weighted by Crippen LogP contribution is -2.37. The van der Waals surface area contributed by atoms with E-state index in [1.54, 1.807) is 0 Å². The molecule has 0 N–H and O–H groups in total. The van der Waals surface area contributed by atoms with Gasteiger partial charge in [-0.1, -0.05) is 0 Å². The van der Waals surface area contributed by atoms with Crippen LogP contribution in [0.1, 0.15) is 43.9 Å². The summed E-state index contributed by atoms with van der Waals surface area (Å²) in [4.78, 5) is 8.79. The number of piperidine rings is 1. The second-order valence-electron chi connectivity index (χ2n) is 6.63. The summed E-state index contributed by atoms with van der Waals surface area (Å²) in [5.74, 6) is 1.74. The van der Waals surface area contributed by atoms with Gasteiger partial charge in [-0.15, -0.1) is 0 Å². The van der Waals surface area contributed by atoms with Crippen molar-refractivity contribution in [3.05, 3.63) is 5.89 Å². The van der Waals surface area contributed by atoms with E-state index in [9.17, 15) is 0 Å². The molecule has 0 spiro atoms. The molecule has 7 nitrogen and oxygen atoms in total. The molecule has 0 amide bonds. The van der Waals surface area contributed by atoms with Crippen LogP contribution in [0.15, 0.2) is 4.52 Å². The molecule has 1 aromatic heterocycles. The van der Waals surface area contributed by atoms with Gasteiger partial charge in [0.1, 0.15) is 0 Å². The molecular weight excluding hydrogens is 296 g/mol. The summed E-state index contributed by atoms with van der Waals surface area (Å²) in [5.41, 5.74) is 0. The van der Waals surface area contributed by atoms with Crippen LogP contribution in [0.3, 0.4) is 0 Å². The number of hydrogen-bond acceptors (Lipinski definition) is 7. The molecule has 130 valence electrons. The van der Waals surface area contributed by atoms with Gasteiger partial charge in [0.15, 0.2) is 6.29 Å². The zero-order valence-electron chi connectivity index (χ0n) is 14.2. The molecule has 0 aromatic carbocycles. The molecule has 7 heteroatoms. The Labute approximate surface area is 137 Å². The fraction of sp³-hybridized carbons (Fsp3) is 0.875. The molecule has 0 unspecified atom stereocenters. The molecule has 2 atom stereocenters. The van der Waals surface area contributed by atoms with Crippen LogP contribution < -0.4 is 4.90 Å². The first kappa shape index (κ1) is 16.7. The van der Waals surface area contributed by atoms with E-state index in [0.717, 1.165) is 64.4 Å². The summed E-state index contributed by atoms with van der Waals surface area (Å²) in [5, 5.41) is 4.02. The monoisotopic (exact) mass is 324 g/mol. The van der Waals surface area contributed by atoms with Crippen molar-refractivity contribution in [3.8, 4) is 0 Å². The highest BCUT2D eigenvalue weighted by molar-refractivity contribution is 5.24. The normalized spacial score (nSPS) is 26.3. The van der Waals surface area contributed by atoms with Crippen molar-refractivity contribution in [2.45, 2.75) is 44.3 Å². The minimum absolute atomic E-state index is 0.00271. The SMILES string of the molecule is CN(C)c1noc([C@@H]2CCCN(CCO[C@H]3CCCCO3)C2)n1. The Morgan fingerprint density at radius 3 is 2.91 bits per heavy atom. The predicted octanol–water partition coefficient (Wildman–Crippen LogP) is 1.86. The summed E-state index contributed by atoms with van der Waals surface area (Å²) in [6.07, 6.45) is 5.66. The van der Waals surface area contributed by atoms with Crippen LogP contribution in [0, 0.1) is 0 Å². The average molecular weight is 324 g/mol. The van der Waals surface area contributed by atoms with Crippen molar-refractivity contribution in [2.24, 2.45) is 0 Å². The van der Waals surface area contributed by atoms with E-state index in [4.69, 9.17) is 14.0 Å². The van der Waals surface area contributed by atoms with Gasteiger partial charge in [-0.3, -0.25) is 0 Å². The molecule has 0 aliphatic carbocycles. The molecule has 2 aliphatic rings. The summed E-state index contributed by atoms with van der Waals surface area (Å²) in [6.45, 7) is 4.57. The Hall–Kier alpha value is -1.18. The first-order valence-corrected chi connectivity index (χ1v) is 8.69. The fourth-order valence-corrected chi connectivity index (χ4v) is 3.19. The van der Waals surface area contributed by atoms with Gasteiger partial charge in [0.2, 0.25) is 5.89 Å². The average Bonchev–Trinajstić information content (AvgIpc) is 3.07. The van der Waals surface area contributed by atoms with E-state index in [1.165, 1.54) is 6.42 Å². The van der Waals surface area contributed by atoms with Gasteiger partial charge in [-0.2, -0.15) is 4.98 Å². The van der Waals surface area contributed by atoms with Crippen molar-refractivity contribution in [2.75, 3.05) is 51.8 Å². The molecule has 2 saturated heterocycles. The highest BCUT2D eigenvalue weighted by atomic mass is 16.7. The second kappa shape index (κ2) is 8.08. The van der Waals surface area contributed by atoms with E-state index >= 15 is 0 Å². The minimum atomic E-state index is 0.00271. The summed E-state index contributed by atoms with van der Waals surface area (Å²) >= 11 is 0. The van der Waals surface area contributed by atoms with Crippen molar-refractivity contribution in [1.82, 2.24) is 15.0 Å². The van der Waals surface area contributed by atoms with Gasteiger partial charge in [0.05, 0.1) is 12.5 Å². The van der Waals surface area contributed by atoms with Crippen LogP contribution >= 0.6 is 0 Å². The molecule has 0 radical (unpaired) electrons. The van der Waals surface area contributed by atoms with E-state index < -0.39 is 0 Å². The lowest BCUT2D eigenvalue weighted by atomic mass is 9.98. The van der Waals surface area contributed by atoms with Crippen molar-refractivity contribution >= 4 is 5.95 Å². The number of aromatic nitrogens is 2. The quantitative estimate of drug-likeness (QED) is 0.791. The Bertz CT molecular complexity index is 474. The molecule has 0 bridgehead atoms. The number of likely N-dealkylation sites (tertiary alicyclic amines) is 1. The molecular formula is C16H28N4O3. The minimum Gasteiger partial charge on any atom is -0.353 e. The smallest absolute Gasteiger partial charge is 0.265 e. The lowest BCUT2D eigenvalue weighted by molar-refractivity contribution is -0.164. The first-order valence-electron chi connectivity index (χ1n) is 8.69. The van der Waals surface area contributed by atoms with Gasteiger partial charge in [0.25, 0.3) is 5.95 Å². The first-order chi connectivity index (χ1) is 11.2. The second-order valence-corrected chi connectivity index (χ2v) is 6.63.